The molecule has 0 aliphatic rings. The highest BCUT2D eigenvalue weighted by Gasteiger charge is 1.86. The van der Waals surface area contributed by atoms with E-state index < -0.39 is 0 Å². The topological polar surface area (TPSA) is 0 Å². The van der Waals surface area contributed by atoms with E-state index in [0.29, 0.717) is 10.9 Å². The standard InChI is InChI=1S/C6H8BrF/c1-3-6(8)4-5(2)7/h4H,2-3H2,1H3/b6-4+. The van der Waals surface area contributed by atoms with Crippen molar-refractivity contribution in [3.63, 3.8) is 0 Å². The molecule has 0 radical (unpaired) electrons. The lowest BCUT2D eigenvalue weighted by Gasteiger charge is -1.85. The summed E-state index contributed by atoms with van der Waals surface area (Å²) in [6.45, 7) is 5.20. The van der Waals surface area contributed by atoms with Crippen molar-refractivity contribution in [3.8, 4) is 0 Å². The molecule has 0 aromatic rings. The van der Waals surface area contributed by atoms with Gasteiger partial charge < -0.3 is 0 Å². The summed E-state index contributed by atoms with van der Waals surface area (Å²) in [6, 6.07) is 0. The summed E-state index contributed by atoms with van der Waals surface area (Å²) in [4.78, 5) is 0. The normalized spacial score (nSPS) is 11.6. The first-order chi connectivity index (χ1) is 3.66. The number of hydrogen-bond donors (Lipinski definition) is 0. The highest BCUT2D eigenvalue weighted by molar-refractivity contribution is 9.11. The number of halogens is 2. The molecule has 0 amide bonds. The maximum absolute atomic E-state index is 12.2. The summed E-state index contributed by atoms with van der Waals surface area (Å²) in [6.07, 6.45) is 1.80. The van der Waals surface area contributed by atoms with E-state index >= 15 is 0 Å². The zero-order valence-electron chi connectivity index (χ0n) is 4.75. The smallest absolute Gasteiger partial charge is 0.101 e. The highest BCUT2D eigenvalue weighted by Crippen LogP contribution is 2.09. The van der Waals surface area contributed by atoms with Gasteiger partial charge in [-0.1, -0.05) is 29.4 Å². The van der Waals surface area contributed by atoms with Crippen molar-refractivity contribution in [2.75, 3.05) is 0 Å². The van der Waals surface area contributed by atoms with Gasteiger partial charge in [-0.2, -0.15) is 0 Å². The summed E-state index contributed by atoms with van der Waals surface area (Å²) in [5.74, 6) is -0.146. The predicted molar refractivity (Wildman–Crippen MR) is 37.5 cm³/mol. The van der Waals surface area contributed by atoms with Crippen molar-refractivity contribution in [2.45, 2.75) is 13.3 Å². The van der Waals surface area contributed by atoms with Crippen molar-refractivity contribution in [3.05, 3.63) is 23.0 Å². The van der Waals surface area contributed by atoms with Crippen LogP contribution in [0.25, 0.3) is 0 Å². The summed E-state index contributed by atoms with van der Waals surface area (Å²) < 4.78 is 12.7. The minimum atomic E-state index is -0.146. The van der Waals surface area contributed by atoms with Gasteiger partial charge in [-0.15, -0.1) is 0 Å². The molecule has 46 valence electrons. The Labute approximate surface area is 57.2 Å². The van der Waals surface area contributed by atoms with Gasteiger partial charge in [0, 0.05) is 4.48 Å². The monoisotopic (exact) mass is 178 g/mol. The van der Waals surface area contributed by atoms with Crippen molar-refractivity contribution >= 4 is 15.9 Å². The van der Waals surface area contributed by atoms with E-state index in [2.05, 4.69) is 22.5 Å². The Bertz CT molecular complexity index is 116. The summed E-state index contributed by atoms with van der Waals surface area (Å²) in [7, 11) is 0. The fourth-order valence-corrected chi connectivity index (χ4v) is 0.520. The lowest BCUT2D eigenvalue weighted by Crippen LogP contribution is -1.66. The SMILES string of the molecule is C=C(Br)/C=C(/F)CC. The third kappa shape index (κ3) is 4.06. The molecule has 0 N–H and O–H groups in total. The van der Waals surface area contributed by atoms with Gasteiger partial charge in [-0.3, -0.25) is 0 Å². The van der Waals surface area contributed by atoms with E-state index in [4.69, 9.17) is 0 Å². The van der Waals surface area contributed by atoms with E-state index in [1.807, 2.05) is 0 Å². The first-order valence-corrected chi connectivity index (χ1v) is 3.16. The van der Waals surface area contributed by atoms with Crippen molar-refractivity contribution in [2.24, 2.45) is 0 Å². The van der Waals surface area contributed by atoms with Crippen molar-refractivity contribution in [1.29, 1.82) is 0 Å². The molecule has 0 aromatic heterocycles. The molecule has 0 heterocycles. The van der Waals surface area contributed by atoms with Crippen LogP contribution in [0.5, 0.6) is 0 Å². The predicted octanol–water partition coefficient (Wildman–Crippen LogP) is 3.16. The fourth-order valence-electron chi connectivity index (χ4n) is 0.272. The molecule has 0 nitrogen and oxygen atoms in total. The van der Waals surface area contributed by atoms with Crippen LogP contribution < -0.4 is 0 Å². The quantitative estimate of drug-likeness (QED) is 0.571. The third-order valence-corrected chi connectivity index (χ3v) is 0.880. The first kappa shape index (κ1) is 7.89. The van der Waals surface area contributed by atoms with Gasteiger partial charge in [0.25, 0.3) is 0 Å². The number of allylic oxidation sites excluding steroid dienone is 3. The lowest BCUT2D eigenvalue weighted by atomic mass is 10.4. The molecule has 0 atom stereocenters. The summed E-state index contributed by atoms with van der Waals surface area (Å²) in [5.41, 5.74) is 0. The van der Waals surface area contributed by atoms with Gasteiger partial charge in [0.1, 0.15) is 5.83 Å². The Kier molecular flexibility index (Phi) is 3.79. The van der Waals surface area contributed by atoms with Crippen molar-refractivity contribution in [1.82, 2.24) is 0 Å². The van der Waals surface area contributed by atoms with E-state index in [0.717, 1.165) is 0 Å². The first-order valence-electron chi connectivity index (χ1n) is 2.37. The van der Waals surface area contributed by atoms with E-state index in [9.17, 15) is 4.39 Å². The molecule has 2 heteroatoms. The Morgan fingerprint density at radius 1 is 1.88 bits per heavy atom. The van der Waals surface area contributed by atoms with Crippen LogP contribution in [0.2, 0.25) is 0 Å². The maximum Gasteiger partial charge on any atom is 0.101 e. The molecule has 0 spiro atoms. The van der Waals surface area contributed by atoms with E-state index in [1.54, 1.807) is 6.92 Å². The van der Waals surface area contributed by atoms with Crippen LogP contribution in [0.1, 0.15) is 13.3 Å². The van der Waals surface area contributed by atoms with Gasteiger partial charge in [-0.25, -0.2) is 4.39 Å². The molecule has 0 fully saturated rings. The summed E-state index contributed by atoms with van der Waals surface area (Å²) in [5, 5.41) is 0. The van der Waals surface area contributed by atoms with E-state index in [-0.39, 0.29) is 5.83 Å². The van der Waals surface area contributed by atoms with E-state index in [1.165, 1.54) is 6.08 Å². The molecule has 0 saturated carbocycles. The Hall–Kier alpha value is -0.110. The lowest BCUT2D eigenvalue weighted by molar-refractivity contribution is 0.604. The van der Waals surface area contributed by atoms with Gasteiger partial charge in [-0.05, 0) is 12.5 Å². The van der Waals surface area contributed by atoms with Gasteiger partial charge in [0.2, 0.25) is 0 Å². The Morgan fingerprint density at radius 2 is 2.38 bits per heavy atom. The van der Waals surface area contributed by atoms with Crippen LogP contribution in [0, 0.1) is 0 Å². The minimum Gasteiger partial charge on any atom is -0.212 e. The van der Waals surface area contributed by atoms with Gasteiger partial charge >= 0.3 is 0 Å². The molecular weight excluding hydrogens is 171 g/mol. The van der Waals surface area contributed by atoms with Crippen LogP contribution in [0.3, 0.4) is 0 Å². The van der Waals surface area contributed by atoms with Crippen LogP contribution in [0.4, 0.5) is 4.39 Å². The van der Waals surface area contributed by atoms with Gasteiger partial charge in [0.15, 0.2) is 0 Å². The zero-order valence-corrected chi connectivity index (χ0v) is 6.33. The largest absolute Gasteiger partial charge is 0.212 e. The number of hydrogen-bond acceptors (Lipinski definition) is 0. The average molecular weight is 179 g/mol. The maximum atomic E-state index is 12.2. The highest BCUT2D eigenvalue weighted by atomic mass is 79.9. The molecule has 8 heavy (non-hydrogen) atoms. The average Bonchev–Trinajstić information content (AvgIpc) is 1.65. The van der Waals surface area contributed by atoms with Crippen LogP contribution in [-0.4, -0.2) is 0 Å². The van der Waals surface area contributed by atoms with Crippen LogP contribution >= 0.6 is 15.9 Å². The second kappa shape index (κ2) is 3.84. The molecule has 0 aromatic carbocycles. The molecule has 0 unspecified atom stereocenters. The zero-order chi connectivity index (χ0) is 6.57. The van der Waals surface area contributed by atoms with Gasteiger partial charge in [0.05, 0.1) is 0 Å². The molecule has 0 rings (SSSR count). The van der Waals surface area contributed by atoms with Crippen molar-refractivity contribution < 1.29 is 4.39 Å². The molecular formula is C6H8BrF. The molecule has 0 bridgehead atoms. The summed E-state index contributed by atoms with van der Waals surface area (Å²) >= 11 is 3.00. The Balaban J connectivity index is 3.75. The Morgan fingerprint density at radius 3 is 2.50 bits per heavy atom. The molecule has 0 saturated heterocycles. The molecule has 0 aliphatic carbocycles. The van der Waals surface area contributed by atoms with Crippen LogP contribution in [0.15, 0.2) is 23.0 Å². The minimum absolute atomic E-state index is 0.146. The number of rotatable bonds is 2. The second-order valence-electron chi connectivity index (χ2n) is 1.39. The molecule has 0 aliphatic heterocycles. The van der Waals surface area contributed by atoms with Crippen LogP contribution in [-0.2, 0) is 0 Å². The third-order valence-electron chi connectivity index (χ3n) is 0.651. The second-order valence-corrected chi connectivity index (χ2v) is 2.41. The fraction of sp³-hybridized carbons (Fsp3) is 0.333.